The predicted molar refractivity (Wildman–Crippen MR) is 173 cm³/mol. The average Bonchev–Trinajstić information content (AvgIpc) is 3.54. The second-order valence-corrected chi connectivity index (χ2v) is 12.7. The van der Waals surface area contributed by atoms with Crippen LogP contribution in [-0.2, 0) is 16.0 Å². The van der Waals surface area contributed by atoms with Crippen molar-refractivity contribution in [2.24, 2.45) is 23.7 Å². The largest absolute Gasteiger partial charge is 0.454 e. The van der Waals surface area contributed by atoms with Crippen molar-refractivity contribution in [3.63, 3.8) is 0 Å². The third kappa shape index (κ3) is 7.61. The first-order chi connectivity index (χ1) is 22.7. The average molecular weight is 630 g/mol. The molecular formula is C34H43N7O5. The number of ether oxygens (including phenoxy) is 4. The molecule has 244 valence electrons. The van der Waals surface area contributed by atoms with Gasteiger partial charge in [0, 0.05) is 31.2 Å². The number of nitrogens with zero attached hydrogens (tertiary/aromatic N) is 3. The van der Waals surface area contributed by atoms with E-state index in [2.05, 4.69) is 26.3 Å². The molecule has 4 bridgehead atoms. The van der Waals surface area contributed by atoms with Gasteiger partial charge in [0.25, 0.3) is 5.91 Å². The summed E-state index contributed by atoms with van der Waals surface area (Å²) < 4.78 is 22.3. The lowest BCUT2D eigenvalue weighted by Gasteiger charge is -2.54. The number of rotatable bonds is 16. The van der Waals surface area contributed by atoms with Gasteiger partial charge in [-0.2, -0.15) is 15.0 Å². The van der Waals surface area contributed by atoms with E-state index in [1.807, 2.05) is 36.4 Å². The lowest BCUT2D eigenvalue weighted by Crippen LogP contribution is -2.51. The molecule has 0 saturated heterocycles. The summed E-state index contributed by atoms with van der Waals surface area (Å²) in [5.74, 6) is 6.24. The maximum Gasteiger partial charge on any atom is 0.251 e. The van der Waals surface area contributed by atoms with Crippen molar-refractivity contribution in [1.82, 2.24) is 20.3 Å². The lowest BCUT2D eigenvalue weighted by molar-refractivity contribution is 0.00728. The fourth-order valence-electron chi connectivity index (χ4n) is 7.63. The van der Waals surface area contributed by atoms with E-state index in [0.29, 0.717) is 87.3 Å². The zero-order valence-corrected chi connectivity index (χ0v) is 26.1. The van der Waals surface area contributed by atoms with E-state index < -0.39 is 0 Å². The van der Waals surface area contributed by atoms with Crippen molar-refractivity contribution in [1.29, 1.82) is 0 Å². The highest BCUT2D eigenvalue weighted by Crippen LogP contribution is 2.54. The molecule has 46 heavy (non-hydrogen) atoms. The molecule has 2 heterocycles. The smallest absolute Gasteiger partial charge is 0.251 e. The molecule has 4 fully saturated rings. The molecule has 1 aromatic heterocycles. The fraction of sp³-hybridized carbons (Fsp3) is 0.529. The first kappa shape index (κ1) is 30.5. The van der Waals surface area contributed by atoms with Crippen LogP contribution in [0.25, 0.3) is 0 Å². The Bertz CT molecular complexity index is 1450. The van der Waals surface area contributed by atoms with Crippen LogP contribution < -0.4 is 30.7 Å². The molecule has 0 radical (unpaired) electrons. The molecule has 4 N–H and O–H groups in total. The Kier molecular flexibility index (Phi) is 9.62. The van der Waals surface area contributed by atoms with Gasteiger partial charge in [0.2, 0.25) is 24.6 Å². The molecule has 2 aromatic carbocycles. The second-order valence-electron chi connectivity index (χ2n) is 12.7. The minimum Gasteiger partial charge on any atom is -0.454 e. The molecule has 1 aliphatic heterocycles. The number of fused-ring (bicyclic) bond motifs is 1. The van der Waals surface area contributed by atoms with Crippen LogP contribution in [0.2, 0.25) is 0 Å². The normalized spacial score (nSPS) is 23.7. The van der Waals surface area contributed by atoms with E-state index in [-0.39, 0.29) is 12.7 Å². The molecule has 3 aromatic rings. The van der Waals surface area contributed by atoms with Crippen molar-refractivity contribution in [2.75, 3.05) is 62.3 Å². The van der Waals surface area contributed by atoms with Crippen LogP contribution >= 0.6 is 0 Å². The summed E-state index contributed by atoms with van der Waals surface area (Å²) in [5.41, 5.74) is 1.68. The van der Waals surface area contributed by atoms with Gasteiger partial charge in [0.05, 0.1) is 26.4 Å². The maximum atomic E-state index is 12.1. The fourth-order valence-corrected chi connectivity index (χ4v) is 7.63. The van der Waals surface area contributed by atoms with Crippen molar-refractivity contribution in [3.8, 4) is 11.5 Å². The topological polar surface area (TPSA) is 141 Å². The Balaban J connectivity index is 0.882. The van der Waals surface area contributed by atoms with E-state index in [9.17, 15) is 4.79 Å². The lowest BCUT2D eigenvalue weighted by atomic mass is 9.54. The Morgan fingerprint density at radius 3 is 2.17 bits per heavy atom. The number of carbonyl (C=O) groups excluding carboxylic acids is 1. The van der Waals surface area contributed by atoms with E-state index in [1.54, 1.807) is 12.1 Å². The molecule has 4 aliphatic carbocycles. The first-order valence-electron chi connectivity index (χ1n) is 16.5. The summed E-state index contributed by atoms with van der Waals surface area (Å²) >= 11 is 0. The summed E-state index contributed by atoms with van der Waals surface area (Å²) in [5, 5.41) is 13.3. The zero-order chi connectivity index (χ0) is 31.1. The van der Waals surface area contributed by atoms with Crippen LogP contribution in [0.3, 0.4) is 0 Å². The van der Waals surface area contributed by atoms with Gasteiger partial charge in [-0.05, 0) is 85.6 Å². The van der Waals surface area contributed by atoms with Crippen LogP contribution in [0.4, 0.5) is 17.8 Å². The van der Waals surface area contributed by atoms with Crippen molar-refractivity contribution < 1.29 is 23.7 Å². The number of aromatic nitrogens is 3. The molecule has 0 atom stereocenters. The number of hydrogen-bond donors (Lipinski definition) is 4. The van der Waals surface area contributed by atoms with Crippen molar-refractivity contribution in [2.45, 2.75) is 44.7 Å². The summed E-state index contributed by atoms with van der Waals surface area (Å²) in [4.78, 5) is 26.3. The minimum atomic E-state index is -0.104. The van der Waals surface area contributed by atoms with Crippen LogP contribution in [0.1, 0.15) is 48.0 Å². The summed E-state index contributed by atoms with van der Waals surface area (Å²) in [6, 6.07) is 15.5. The van der Waals surface area contributed by atoms with Crippen molar-refractivity contribution in [3.05, 3.63) is 59.7 Å². The van der Waals surface area contributed by atoms with Gasteiger partial charge in [-0.25, -0.2) is 0 Å². The van der Waals surface area contributed by atoms with E-state index in [4.69, 9.17) is 28.9 Å². The molecular weight excluding hydrogens is 586 g/mol. The summed E-state index contributed by atoms with van der Waals surface area (Å²) in [6.07, 6.45) is 6.70. The van der Waals surface area contributed by atoms with Gasteiger partial charge in [0.15, 0.2) is 11.5 Å². The Hall–Kier alpha value is -4.16. The van der Waals surface area contributed by atoms with Crippen molar-refractivity contribution >= 4 is 23.8 Å². The summed E-state index contributed by atoms with van der Waals surface area (Å²) in [7, 11) is 0. The highest BCUT2D eigenvalue weighted by Gasteiger charge is 2.48. The van der Waals surface area contributed by atoms with Gasteiger partial charge < -0.3 is 40.2 Å². The molecule has 0 unspecified atom stereocenters. The molecule has 12 heteroatoms. The molecule has 5 aliphatic rings. The van der Waals surface area contributed by atoms with Crippen LogP contribution in [-0.4, -0.2) is 73.2 Å². The Morgan fingerprint density at radius 2 is 1.41 bits per heavy atom. The van der Waals surface area contributed by atoms with E-state index >= 15 is 0 Å². The third-order valence-corrected chi connectivity index (χ3v) is 9.51. The van der Waals surface area contributed by atoms with Gasteiger partial charge in [-0.15, -0.1) is 0 Å². The Labute approximate surface area is 269 Å². The number of anilines is 3. The number of carbonyl (C=O) groups is 1. The molecule has 1 amide bonds. The zero-order valence-electron chi connectivity index (χ0n) is 26.1. The number of hydrogen-bond acceptors (Lipinski definition) is 11. The predicted octanol–water partition coefficient (Wildman–Crippen LogP) is 4.32. The van der Waals surface area contributed by atoms with Gasteiger partial charge in [0.1, 0.15) is 0 Å². The van der Waals surface area contributed by atoms with Crippen LogP contribution in [0, 0.1) is 23.7 Å². The third-order valence-electron chi connectivity index (χ3n) is 9.51. The second kappa shape index (κ2) is 14.5. The quantitative estimate of drug-likeness (QED) is 0.168. The molecule has 0 spiro atoms. The van der Waals surface area contributed by atoms with Gasteiger partial charge in [-0.1, -0.05) is 24.3 Å². The monoisotopic (exact) mass is 629 g/mol. The van der Waals surface area contributed by atoms with Gasteiger partial charge in [-0.3, -0.25) is 4.79 Å². The highest BCUT2D eigenvalue weighted by atomic mass is 16.7. The molecule has 4 saturated carbocycles. The highest BCUT2D eigenvalue weighted by molar-refractivity contribution is 5.94. The van der Waals surface area contributed by atoms with Crippen LogP contribution in [0.15, 0.2) is 48.5 Å². The number of benzene rings is 2. The van der Waals surface area contributed by atoms with E-state index in [1.165, 1.54) is 32.1 Å². The number of nitrogens with one attached hydrogen (secondary N) is 4. The summed E-state index contributed by atoms with van der Waals surface area (Å²) in [6.45, 7) is 3.56. The SMILES string of the molecule is O=C(NCCOCCOCCNc1nc(NCc2ccc3c(c2)OCO3)nc(NC2C3CC4CC(C3)CC2C4)n1)c1ccccc1. The number of amides is 1. The van der Waals surface area contributed by atoms with Gasteiger partial charge >= 0.3 is 0 Å². The van der Waals surface area contributed by atoms with E-state index in [0.717, 1.165) is 28.9 Å². The Morgan fingerprint density at radius 1 is 0.739 bits per heavy atom. The maximum absolute atomic E-state index is 12.1. The first-order valence-corrected chi connectivity index (χ1v) is 16.5. The molecule has 12 nitrogen and oxygen atoms in total. The molecule has 8 rings (SSSR count). The standard InChI is InChI=1S/C34H43N7O5/c42-31(25-4-2-1-3-5-25)35-8-10-43-12-13-44-11-9-36-32-39-33(37-20-22-6-7-28-29(19-22)46-21-45-28)41-34(40-32)38-30-26-15-23-14-24(17-26)18-27(30)16-23/h1-7,19,23-24,26-27,30H,8-18,20-21H2,(H,35,42)(H3,36,37,38,39,40,41). The minimum absolute atomic E-state index is 0.104. The van der Waals surface area contributed by atoms with Crippen LogP contribution in [0.5, 0.6) is 11.5 Å².